The average molecular weight is 448 g/mol. The van der Waals surface area contributed by atoms with Gasteiger partial charge in [0.1, 0.15) is 0 Å². The number of para-hydroxylation sites is 1. The molecule has 29 heavy (non-hydrogen) atoms. The lowest BCUT2D eigenvalue weighted by Crippen LogP contribution is -2.48. The fourth-order valence-corrected chi connectivity index (χ4v) is 6.36. The van der Waals surface area contributed by atoms with Gasteiger partial charge in [-0.1, -0.05) is 38.1 Å². The predicted molar refractivity (Wildman–Crippen MR) is 122 cm³/mol. The van der Waals surface area contributed by atoms with Crippen molar-refractivity contribution in [1.82, 2.24) is 13.8 Å². The third-order valence-electron chi connectivity index (χ3n) is 5.43. The molecule has 0 spiro atoms. The van der Waals surface area contributed by atoms with E-state index in [1.165, 1.54) is 4.70 Å². The van der Waals surface area contributed by atoms with Crippen LogP contribution in [0.2, 0.25) is 0 Å². The Kier molecular flexibility index (Phi) is 5.90. The zero-order valence-corrected chi connectivity index (χ0v) is 19.1. The van der Waals surface area contributed by atoms with Crippen LogP contribution in [0.3, 0.4) is 0 Å². The van der Waals surface area contributed by atoms with Crippen LogP contribution in [0.15, 0.2) is 53.4 Å². The molecule has 0 saturated carbocycles. The smallest absolute Gasteiger partial charge is 0.243 e. The van der Waals surface area contributed by atoms with Crippen molar-refractivity contribution >= 4 is 43.8 Å². The predicted octanol–water partition coefficient (Wildman–Crippen LogP) is 4.52. The van der Waals surface area contributed by atoms with Gasteiger partial charge in [0.25, 0.3) is 0 Å². The molecular formula is C21H25N3O2S3. The molecule has 0 aliphatic carbocycles. The summed E-state index contributed by atoms with van der Waals surface area (Å²) in [6.07, 6.45) is 0. The molecule has 3 aromatic rings. The lowest BCUT2D eigenvalue weighted by Gasteiger charge is -2.34. The molecule has 0 unspecified atom stereocenters. The lowest BCUT2D eigenvalue weighted by atomic mass is 10.0. The molecule has 1 aliphatic heterocycles. The minimum Gasteiger partial charge on any atom is -0.309 e. The van der Waals surface area contributed by atoms with Crippen LogP contribution < -0.4 is 0 Å². The third kappa shape index (κ3) is 4.18. The number of rotatable bonds is 5. The van der Waals surface area contributed by atoms with Crippen LogP contribution in [0.25, 0.3) is 10.2 Å². The Labute approximate surface area is 181 Å². The number of sulfonamides is 1. The van der Waals surface area contributed by atoms with Gasteiger partial charge in [0.2, 0.25) is 10.0 Å². The van der Waals surface area contributed by atoms with E-state index in [1.807, 2.05) is 24.3 Å². The number of nitrogens with zero attached hydrogens (tertiary/aromatic N) is 3. The Bertz CT molecular complexity index is 1160. The molecular weight excluding hydrogens is 422 g/mol. The van der Waals surface area contributed by atoms with E-state index in [1.54, 1.807) is 27.8 Å². The highest BCUT2D eigenvalue weighted by molar-refractivity contribution is 7.89. The molecule has 1 aromatic heterocycles. The summed E-state index contributed by atoms with van der Waals surface area (Å²) in [5.74, 6) is 0.384. The second-order valence-corrected chi connectivity index (χ2v) is 11.3. The van der Waals surface area contributed by atoms with Crippen molar-refractivity contribution in [2.45, 2.75) is 31.3 Å². The highest BCUT2D eigenvalue weighted by Crippen LogP contribution is 2.24. The maximum atomic E-state index is 13.0. The number of thiazole rings is 1. The zero-order chi connectivity index (χ0) is 20.6. The Morgan fingerprint density at radius 1 is 1.00 bits per heavy atom. The van der Waals surface area contributed by atoms with Crippen molar-refractivity contribution in [3.8, 4) is 0 Å². The van der Waals surface area contributed by atoms with Crippen LogP contribution in [-0.4, -0.2) is 48.4 Å². The van der Waals surface area contributed by atoms with Crippen LogP contribution >= 0.6 is 23.6 Å². The monoisotopic (exact) mass is 447 g/mol. The summed E-state index contributed by atoms with van der Waals surface area (Å²) >= 11 is 7.16. The van der Waals surface area contributed by atoms with E-state index in [0.717, 1.165) is 15.0 Å². The van der Waals surface area contributed by atoms with Crippen molar-refractivity contribution < 1.29 is 8.42 Å². The molecule has 1 fully saturated rings. The first-order valence-corrected chi connectivity index (χ1v) is 12.4. The summed E-state index contributed by atoms with van der Waals surface area (Å²) in [4.78, 5) is 2.64. The Balaban J connectivity index is 1.44. The summed E-state index contributed by atoms with van der Waals surface area (Å²) in [5, 5.41) is 0. The van der Waals surface area contributed by atoms with Gasteiger partial charge in [0.15, 0.2) is 3.95 Å². The molecule has 0 bridgehead atoms. The van der Waals surface area contributed by atoms with Gasteiger partial charge in [-0.3, -0.25) is 4.90 Å². The SMILES string of the molecule is CC(C)c1ccc(S(=O)(=O)N2CCN(Cn3c(=S)sc4ccccc43)CC2)cc1. The molecule has 2 aromatic carbocycles. The highest BCUT2D eigenvalue weighted by atomic mass is 32.2. The van der Waals surface area contributed by atoms with Gasteiger partial charge in [-0.15, -0.1) is 11.3 Å². The molecule has 0 atom stereocenters. The molecule has 1 saturated heterocycles. The third-order valence-corrected chi connectivity index (χ3v) is 8.77. The summed E-state index contributed by atoms with van der Waals surface area (Å²) in [5.41, 5.74) is 2.29. The number of piperazine rings is 1. The van der Waals surface area contributed by atoms with Crippen LogP contribution in [0.4, 0.5) is 0 Å². The van der Waals surface area contributed by atoms with E-state index in [2.05, 4.69) is 35.4 Å². The minimum absolute atomic E-state index is 0.376. The fraction of sp³-hybridized carbons (Fsp3) is 0.381. The van der Waals surface area contributed by atoms with Crippen molar-refractivity contribution in [3.63, 3.8) is 0 Å². The minimum atomic E-state index is -3.45. The van der Waals surface area contributed by atoms with E-state index in [0.29, 0.717) is 43.7 Å². The number of hydrogen-bond donors (Lipinski definition) is 0. The molecule has 5 nitrogen and oxygen atoms in total. The van der Waals surface area contributed by atoms with E-state index >= 15 is 0 Å². The molecule has 154 valence electrons. The number of hydrogen-bond acceptors (Lipinski definition) is 5. The van der Waals surface area contributed by atoms with Crippen LogP contribution in [0.1, 0.15) is 25.3 Å². The molecule has 1 aliphatic rings. The van der Waals surface area contributed by atoms with Crippen LogP contribution in [0, 0.1) is 3.95 Å². The first kappa shape index (κ1) is 20.7. The lowest BCUT2D eigenvalue weighted by molar-refractivity contribution is 0.154. The zero-order valence-electron chi connectivity index (χ0n) is 16.6. The first-order valence-electron chi connectivity index (χ1n) is 9.77. The molecule has 0 amide bonds. The quantitative estimate of drug-likeness (QED) is 0.540. The topological polar surface area (TPSA) is 45.6 Å². The van der Waals surface area contributed by atoms with Gasteiger partial charge in [-0.2, -0.15) is 4.31 Å². The summed E-state index contributed by atoms with van der Waals surface area (Å²) in [6.45, 7) is 7.26. The molecule has 4 rings (SSSR count). The fourth-order valence-electron chi connectivity index (χ4n) is 3.63. The number of fused-ring (bicyclic) bond motifs is 1. The van der Waals surface area contributed by atoms with Crippen molar-refractivity contribution in [2.24, 2.45) is 0 Å². The molecule has 0 radical (unpaired) electrons. The van der Waals surface area contributed by atoms with E-state index in [4.69, 9.17) is 12.2 Å². The van der Waals surface area contributed by atoms with Gasteiger partial charge in [0.05, 0.1) is 21.8 Å². The average Bonchev–Trinajstić information content (AvgIpc) is 3.04. The Morgan fingerprint density at radius 3 is 2.31 bits per heavy atom. The van der Waals surface area contributed by atoms with Crippen LogP contribution in [0.5, 0.6) is 0 Å². The van der Waals surface area contributed by atoms with E-state index in [9.17, 15) is 8.42 Å². The number of benzene rings is 2. The van der Waals surface area contributed by atoms with E-state index < -0.39 is 10.0 Å². The first-order chi connectivity index (χ1) is 13.9. The summed E-state index contributed by atoms with van der Waals surface area (Å²) in [6, 6.07) is 15.5. The number of aromatic nitrogens is 1. The van der Waals surface area contributed by atoms with Gasteiger partial charge < -0.3 is 4.57 Å². The second-order valence-electron chi connectivity index (χ2n) is 7.65. The van der Waals surface area contributed by atoms with Crippen molar-refractivity contribution in [2.75, 3.05) is 26.2 Å². The van der Waals surface area contributed by atoms with Gasteiger partial charge >= 0.3 is 0 Å². The maximum Gasteiger partial charge on any atom is 0.243 e. The summed E-state index contributed by atoms with van der Waals surface area (Å²) < 4.78 is 31.8. The van der Waals surface area contributed by atoms with Crippen molar-refractivity contribution in [3.05, 3.63) is 58.0 Å². The molecule has 2 heterocycles. The Hall–Kier alpha value is -1.58. The standard InChI is InChI=1S/C21H25N3O2S3/c1-16(2)17-7-9-18(10-8-17)29(25,26)23-13-11-22(12-14-23)15-24-19-5-3-4-6-20(19)28-21(24)27/h3-10,16H,11-15H2,1-2H3. The van der Waals surface area contributed by atoms with Crippen molar-refractivity contribution in [1.29, 1.82) is 0 Å². The second kappa shape index (κ2) is 8.28. The summed E-state index contributed by atoms with van der Waals surface area (Å²) in [7, 11) is -3.45. The normalized spacial score (nSPS) is 16.7. The van der Waals surface area contributed by atoms with E-state index in [-0.39, 0.29) is 0 Å². The highest BCUT2D eigenvalue weighted by Gasteiger charge is 2.28. The Morgan fingerprint density at radius 2 is 1.66 bits per heavy atom. The molecule has 8 heteroatoms. The van der Waals surface area contributed by atoms with Gasteiger partial charge in [-0.05, 0) is 48.0 Å². The maximum absolute atomic E-state index is 13.0. The van der Waals surface area contributed by atoms with Gasteiger partial charge in [0, 0.05) is 26.2 Å². The van der Waals surface area contributed by atoms with Crippen LogP contribution in [-0.2, 0) is 16.7 Å². The largest absolute Gasteiger partial charge is 0.309 e. The molecule has 0 N–H and O–H groups in total. The van der Waals surface area contributed by atoms with Gasteiger partial charge in [-0.25, -0.2) is 8.42 Å².